The average molecular weight is 445 g/mol. The Kier molecular flexibility index (Phi) is 5.84. The molecule has 0 radical (unpaired) electrons. The number of nitrogens with one attached hydrogen (secondary N) is 2. The molecule has 0 spiro atoms. The molecule has 2 aromatic rings. The average Bonchev–Trinajstić information content (AvgIpc) is 2.78. The van der Waals surface area contributed by atoms with E-state index in [2.05, 4.69) is 10.6 Å². The molecule has 164 valence electrons. The highest BCUT2D eigenvalue weighted by atomic mass is 32.2. The lowest BCUT2D eigenvalue weighted by Gasteiger charge is -2.31. The van der Waals surface area contributed by atoms with Crippen LogP contribution in [0.2, 0.25) is 0 Å². The summed E-state index contributed by atoms with van der Waals surface area (Å²) in [6.45, 7) is 0.304. The van der Waals surface area contributed by atoms with Crippen LogP contribution in [0.15, 0.2) is 47.4 Å². The first-order valence-electron chi connectivity index (χ1n) is 9.88. The van der Waals surface area contributed by atoms with Crippen molar-refractivity contribution in [3.05, 3.63) is 42.5 Å². The third kappa shape index (κ3) is 4.49. The van der Waals surface area contributed by atoms with E-state index in [9.17, 15) is 18.0 Å². The molecule has 10 heteroatoms. The van der Waals surface area contributed by atoms with Crippen LogP contribution in [-0.4, -0.2) is 51.3 Å². The van der Waals surface area contributed by atoms with Gasteiger partial charge < -0.3 is 20.1 Å². The topological polar surface area (TPSA) is 114 Å². The Balaban J connectivity index is 1.49. The van der Waals surface area contributed by atoms with Gasteiger partial charge in [0.25, 0.3) is 5.91 Å². The van der Waals surface area contributed by atoms with Gasteiger partial charge in [0.15, 0.2) is 6.61 Å². The van der Waals surface area contributed by atoms with Gasteiger partial charge in [-0.2, -0.15) is 4.31 Å². The number of hydrogen-bond acceptors (Lipinski definition) is 6. The van der Waals surface area contributed by atoms with Crippen LogP contribution in [0.25, 0.3) is 0 Å². The minimum Gasteiger partial charge on any atom is -0.497 e. The number of fused-ring (bicyclic) bond motifs is 1. The van der Waals surface area contributed by atoms with Crippen molar-refractivity contribution in [2.75, 3.05) is 37.4 Å². The summed E-state index contributed by atoms with van der Waals surface area (Å²) < 4.78 is 38.1. The van der Waals surface area contributed by atoms with E-state index in [0.29, 0.717) is 42.3 Å². The normalized spacial score (nSPS) is 19.0. The molecule has 2 aliphatic heterocycles. The standard InChI is InChI=1S/C21H23N3O6S/c1-29-16-6-2-5-15(10-16)22-21(26)14-4-3-9-24(12-14)31(27,28)17-7-8-19-18(11-17)23-20(25)13-30-19/h2,5-8,10-11,14H,3-4,9,12-13H2,1H3,(H,22,26)(H,23,25). The Morgan fingerprint density at radius 2 is 2.10 bits per heavy atom. The van der Waals surface area contributed by atoms with Gasteiger partial charge in [0.05, 0.1) is 23.6 Å². The van der Waals surface area contributed by atoms with E-state index >= 15 is 0 Å². The molecular formula is C21H23N3O6S. The summed E-state index contributed by atoms with van der Waals surface area (Å²) >= 11 is 0. The summed E-state index contributed by atoms with van der Waals surface area (Å²) in [5.74, 6) is -0.00851. The van der Waals surface area contributed by atoms with Gasteiger partial charge in [-0.1, -0.05) is 6.07 Å². The zero-order chi connectivity index (χ0) is 22.0. The highest BCUT2D eigenvalue weighted by Crippen LogP contribution is 2.32. The lowest BCUT2D eigenvalue weighted by Crippen LogP contribution is -2.43. The number of nitrogens with zero attached hydrogens (tertiary/aromatic N) is 1. The van der Waals surface area contributed by atoms with E-state index < -0.39 is 15.9 Å². The number of methoxy groups -OCH3 is 1. The van der Waals surface area contributed by atoms with Crippen LogP contribution in [0.5, 0.6) is 11.5 Å². The van der Waals surface area contributed by atoms with Crippen molar-refractivity contribution in [1.29, 1.82) is 0 Å². The summed E-state index contributed by atoms with van der Waals surface area (Å²) in [6.07, 6.45) is 1.16. The van der Waals surface area contributed by atoms with Crippen molar-refractivity contribution >= 4 is 33.2 Å². The van der Waals surface area contributed by atoms with E-state index in [4.69, 9.17) is 9.47 Å². The maximum atomic E-state index is 13.2. The Bertz CT molecular complexity index is 1120. The van der Waals surface area contributed by atoms with Gasteiger partial charge >= 0.3 is 0 Å². The van der Waals surface area contributed by atoms with Gasteiger partial charge in [-0.25, -0.2) is 8.42 Å². The predicted molar refractivity (Wildman–Crippen MR) is 114 cm³/mol. The second-order valence-corrected chi connectivity index (χ2v) is 9.36. The van der Waals surface area contributed by atoms with Crippen molar-refractivity contribution in [3.8, 4) is 11.5 Å². The maximum Gasteiger partial charge on any atom is 0.262 e. The summed E-state index contributed by atoms with van der Waals surface area (Å²) in [4.78, 5) is 24.4. The summed E-state index contributed by atoms with van der Waals surface area (Å²) in [5.41, 5.74) is 0.913. The summed E-state index contributed by atoms with van der Waals surface area (Å²) in [7, 11) is -2.29. The second kappa shape index (κ2) is 8.56. The van der Waals surface area contributed by atoms with Crippen LogP contribution in [0.3, 0.4) is 0 Å². The summed E-state index contributed by atoms with van der Waals surface area (Å²) in [5, 5.41) is 5.46. The third-order valence-electron chi connectivity index (χ3n) is 5.31. The minimum absolute atomic E-state index is 0.0471. The fourth-order valence-corrected chi connectivity index (χ4v) is 5.24. The van der Waals surface area contributed by atoms with E-state index in [0.717, 1.165) is 0 Å². The quantitative estimate of drug-likeness (QED) is 0.728. The number of piperidine rings is 1. The fraction of sp³-hybridized carbons (Fsp3) is 0.333. The molecular weight excluding hydrogens is 422 g/mol. The van der Waals surface area contributed by atoms with Gasteiger partial charge in [0.2, 0.25) is 15.9 Å². The molecule has 2 aromatic carbocycles. The van der Waals surface area contributed by atoms with Crippen LogP contribution in [0.4, 0.5) is 11.4 Å². The van der Waals surface area contributed by atoms with Gasteiger partial charge in [-0.05, 0) is 43.2 Å². The number of hydrogen-bond donors (Lipinski definition) is 2. The van der Waals surface area contributed by atoms with Crippen LogP contribution < -0.4 is 20.1 Å². The van der Waals surface area contributed by atoms with Gasteiger partial charge in [-0.15, -0.1) is 0 Å². The first-order chi connectivity index (χ1) is 14.9. The van der Waals surface area contributed by atoms with E-state index in [-0.39, 0.29) is 29.9 Å². The molecule has 4 rings (SSSR count). The number of rotatable bonds is 5. The highest BCUT2D eigenvalue weighted by Gasteiger charge is 2.34. The van der Waals surface area contributed by atoms with E-state index in [1.807, 2.05) is 0 Å². The zero-order valence-electron chi connectivity index (χ0n) is 17.0. The summed E-state index contributed by atoms with van der Waals surface area (Å²) in [6, 6.07) is 11.4. The maximum absolute atomic E-state index is 13.2. The van der Waals surface area contributed by atoms with Crippen LogP contribution >= 0.6 is 0 Å². The molecule has 2 heterocycles. The molecule has 1 atom stereocenters. The molecule has 2 N–H and O–H groups in total. The molecule has 2 aliphatic rings. The molecule has 0 aliphatic carbocycles. The predicted octanol–water partition coefficient (Wildman–Crippen LogP) is 2.07. The second-order valence-electron chi connectivity index (χ2n) is 7.42. The largest absolute Gasteiger partial charge is 0.497 e. The number of carbonyl (C=O) groups excluding carboxylic acids is 2. The van der Waals surface area contributed by atoms with Gasteiger partial charge in [0, 0.05) is 24.8 Å². The highest BCUT2D eigenvalue weighted by molar-refractivity contribution is 7.89. The Labute approximate surface area is 180 Å². The Hall–Kier alpha value is -3.11. The molecule has 0 saturated carbocycles. The molecule has 31 heavy (non-hydrogen) atoms. The van der Waals surface area contributed by atoms with Crippen molar-refractivity contribution < 1.29 is 27.5 Å². The Morgan fingerprint density at radius 3 is 2.90 bits per heavy atom. The number of benzene rings is 2. The van der Waals surface area contributed by atoms with Gasteiger partial charge in [0.1, 0.15) is 11.5 Å². The van der Waals surface area contributed by atoms with Crippen LogP contribution in [-0.2, 0) is 19.6 Å². The van der Waals surface area contributed by atoms with Crippen LogP contribution in [0.1, 0.15) is 12.8 Å². The SMILES string of the molecule is COc1cccc(NC(=O)C2CCCN(S(=O)(=O)c3ccc4c(c3)NC(=O)CO4)C2)c1. The number of amides is 2. The lowest BCUT2D eigenvalue weighted by atomic mass is 9.98. The number of carbonyl (C=O) groups is 2. The molecule has 0 bridgehead atoms. The fourth-order valence-electron chi connectivity index (χ4n) is 3.69. The number of anilines is 2. The number of sulfonamides is 1. The molecule has 9 nitrogen and oxygen atoms in total. The van der Waals surface area contributed by atoms with Crippen molar-refractivity contribution in [2.24, 2.45) is 5.92 Å². The van der Waals surface area contributed by atoms with Crippen LogP contribution in [0, 0.1) is 5.92 Å². The third-order valence-corrected chi connectivity index (χ3v) is 7.17. The van der Waals surface area contributed by atoms with Gasteiger partial charge in [-0.3, -0.25) is 9.59 Å². The molecule has 0 aromatic heterocycles. The lowest BCUT2D eigenvalue weighted by molar-refractivity contribution is -0.121. The monoisotopic (exact) mass is 445 g/mol. The molecule has 1 fully saturated rings. The Morgan fingerprint density at radius 1 is 1.26 bits per heavy atom. The molecule has 1 saturated heterocycles. The van der Waals surface area contributed by atoms with Crippen molar-refractivity contribution in [1.82, 2.24) is 4.31 Å². The van der Waals surface area contributed by atoms with E-state index in [1.165, 1.54) is 22.5 Å². The zero-order valence-corrected chi connectivity index (χ0v) is 17.8. The van der Waals surface area contributed by atoms with Crippen molar-refractivity contribution in [2.45, 2.75) is 17.7 Å². The molecule has 1 unspecified atom stereocenters. The first-order valence-corrected chi connectivity index (χ1v) is 11.3. The van der Waals surface area contributed by atoms with Crippen molar-refractivity contribution in [3.63, 3.8) is 0 Å². The first kappa shape index (κ1) is 21.1. The number of ether oxygens (including phenoxy) is 2. The molecule has 2 amide bonds. The van der Waals surface area contributed by atoms with E-state index in [1.54, 1.807) is 31.4 Å². The smallest absolute Gasteiger partial charge is 0.262 e. The minimum atomic E-state index is -3.84.